The number of benzene rings is 1. The van der Waals surface area contributed by atoms with Crippen molar-refractivity contribution in [3.05, 3.63) is 35.4 Å². The van der Waals surface area contributed by atoms with Crippen molar-refractivity contribution in [3.8, 4) is 0 Å². The summed E-state index contributed by atoms with van der Waals surface area (Å²) in [6.45, 7) is 21.0. The fourth-order valence-electron chi connectivity index (χ4n) is 15.7. The zero-order valence-electron chi connectivity index (χ0n) is 32.1. The Kier molecular flexibility index (Phi) is 8.38. The number of nitrogens with zero attached hydrogens (tertiary/aromatic N) is 1. The molecule has 7 aliphatic rings. The van der Waals surface area contributed by atoms with E-state index < -0.39 is 15.8 Å². The molecule has 2 saturated heterocycles. The monoisotopic (exact) mass is 706 g/mol. The Hall–Kier alpha value is -1.44. The molecule has 0 amide bonds. The van der Waals surface area contributed by atoms with Gasteiger partial charge in [0.25, 0.3) is 0 Å². The molecule has 0 aromatic heterocycles. The molecule has 5 saturated carbocycles. The molecular formula is C43H66N2O4S. The molecule has 0 spiro atoms. The van der Waals surface area contributed by atoms with Crippen LogP contribution in [0, 0.1) is 57.2 Å². The number of sulfone groups is 1. The van der Waals surface area contributed by atoms with Crippen LogP contribution >= 0.6 is 0 Å². The van der Waals surface area contributed by atoms with Gasteiger partial charge < -0.3 is 10.4 Å². The Labute approximate surface area is 303 Å². The Morgan fingerprint density at radius 3 is 2.28 bits per heavy atom. The minimum absolute atomic E-state index is 0.121. The van der Waals surface area contributed by atoms with Crippen LogP contribution in [0.5, 0.6) is 0 Å². The van der Waals surface area contributed by atoms with E-state index in [1.807, 2.05) is 12.1 Å². The highest BCUT2D eigenvalue weighted by molar-refractivity contribution is 7.92. The standard InChI is InChI=1S/C43H66N2O4S/c1-27(2)32-14-19-43(44-22-23-45-25-31-24-30(45)26-50(31,48)49)21-20-41(6)34(37(32)43)12-13-36-40(5)17-15-33(28-8-10-29(11-9-28)38(46)47)39(3,4)35(40)16-18-42(36,41)7/h8-11,27,30-37,44H,12-26H2,1-7H3,(H,46,47)/t30-,31-,32-,33+,34+,35-,36+,37+,40-,41+,42+,43-/m0/s1. The van der Waals surface area contributed by atoms with Crippen LogP contribution in [-0.4, -0.2) is 66.6 Å². The molecule has 2 N–H and O–H groups in total. The molecule has 8 rings (SSSR count). The summed E-state index contributed by atoms with van der Waals surface area (Å²) in [6, 6.07) is 8.08. The van der Waals surface area contributed by atoms with Crippen LogP contribution in [0.3, 0.4) is 0 Å². The normalized spacial score (nSPS) is 47.4. The minimum atomic E-state index is -2.85. The van der Waals surface area contributed by atoms with Crippen molar-refractivity contribution < 1.29 is 18.3 Å². The Bertz CT molecular complexity index is 1610. The van der Waals surface area contributed by atoms with Gasteiger partial charge in [-0.05, 0) is 151 Å². The van der Waals surface area contributed by atoms with E-state index >= 15 is 0 Å². The quantitative estimate of drug-likeness (QED) is 0.296. The number of carbonyl (C=O) groups is 1. The van der Waals surface area contributed by atoms with Gasteiger partial charge in [0.2, 0.25) is 0 Å². The lowest BCUT2D eigenvalue weighted by atomic mass is 9.32. The van der Waals surface area contributed by atoms with Gasteiger partial charge in [0.05, 0.1) is 16.6 Å². The summed E-state index contributed by atoms with van der Waals surface area (Å²) in [5.41, 5.74) is 3.10. The first-order valence-corrected chi connectivity index (χ1v) is 22.2. The number of hydrogen-bond acceptors (Lipinski definition) is 5. The lowest BCUT2D eigenvalue weighted by molar-refractivity contribution is -0.235. The van der Waals surface area contributed by atoms with Crippen molar-refractivity contribution in [1.82, 2.24) is 10.2 Å². The van der Waals surface area contributed by atoms with Crippen LogP contribution in [0.15, 0.2) is 24.3 Å². The minimum Gasteiger partial charge on any atom is -0.478 e. The molecule has 50 heavy (non-hydrogen) atoms. The average molecular weight is 707 g/mol. The van der Waals surface area contributed by atoms with E-state index in [0.29, 0.717) is 45.3 Å². The molecule has 6 nitrogen and oxygen atoms in total. The van der Waals surface area contributed by atoms with E-state index in [2.05, 4.69) is 70.8 Å². The van der Waals surface area contributed by atoms with Crippen molar-refractivity contribution in [2.45, 2.75) is 142 Å². The van der Waals surface area contributed by atoms with E-state index in [9.17, 15) is 18.3 Å². The van der Waals surface area contributed by atoms with E-state index in [4.69, 9.17) is 0 Å². The summed E-state index contributed by atoms with van der Waals surface area (Å²) in [7, 11) is -2.85. The van der Waals surface area contributed by atoms with Gasteiger partial charge in [-0.2, -0.15) is 0 Å². The number of fused-ring (bicyclic) bond motifs is 9. The molecule has 7 fully saturated rings. The van der Waals surface area contributed by atoms with Gasteiger partial charge in [0, 0.05) is 31.2 Å². The molecule has 0 unspecified atom stereocenters. The van der Waals surface area contributed by atoms with Crippen LogP contribution in [0.4, 0.5) is 0 Å². The second kappa shape index (κ2) is 11.8. The van der Waals surface area contributed by atoms with Gasteiger partial charge in [-0.25, -0.2) is 13.2 Å². The highest BCUT2D eigenvalue weighted by Gasteiger charge is 2.71. The van der Waals surface area contributed by atoms with Crippen molar-refractivity contribution in [2.75, 3.05) is 25.4 Å². The van der Waals surface area contributed by atoms with Gasteiger partial charge in [-0.15, -0.1) is 0 Å². The molecule has 1 aromatic carbocycles. The van der Waals surface area contributed by atoms with Crippen molar-refractivity contribution >= 4 is 15.8 Å². The molecule has 2 bridgehead atoms. The third-order valence-corrected chi connectivity index (χ3v) is 20.4. The predicted molar refractivity (Wildman–Crippen MR) is 201 cm³/mol. The van der Waals surface area contributed by atoms with Gasteiger partial charge in [0.15, 0.2) is 9.84 Å². The van der Waals surface area contributed by atoms with Crippen LogP contribution < -0.4 is 5.32 Å². The number of rotatable bonds is 7. The zero-order chi connectivity index (χ0) is 35.6. The summed E-state index contributed by atoms with van der Waals surface area (Å²) in [4.78, 5) is 14.1. The van der Waals surface area contributed by atoms with E-state index in [1.165, 1.54) is 69.8 Å². The number of nitrogens with one attached hydrogen (secondary N) is 1. The lowest BCUT2D eigenvalue weighted by Gasteiger charge is -2.73. The molecule has 1 aromatic rings. The molecule has 12 atom stereocenters. The fraction of sp³-hybridized carbons (Fsp3) is 0.837. The molecule has 5 aliphatic carbocycles. The van der Waals surface area contributed by atoms with Gasteiger partial charge in [-0.1, -0.05) is 60.6 Å². The number of carboxylic acid groups (broad SMARTS) is 1. The highest BCUT2D eigenvalue weighted by Crippen LogP contribution is 2.77. The van der Waals surface area contributed by atoms with Crippen LogP contribution in [0.2, 0.25) is 0 Å². The number of aromatic carboxylic acids is 1. The van der Waals surface area contributed by atoms with Crippen LogP contribution in [-0.2, 0) is 9.84 Å². The summed E-state index contributed by atoms with van der Waals surface area (Å²) in [5.74, 6) is 4.35. The molecule has 278 valence electrons. The molecule has 2 aliphatic heterocycles. The largest absolute Gasteiger partial charge is 0.478 e. The van der Waals surface area contributed by atoms with Gasteiger partial charge in [-0.3, -0.25) is 4.90 Å². The predicted octanol–water partition coefficient (Wildman–Crippen LogP) is 8.42. The third kappa shape index (κ3) is 4.96. The van der Waals surface area contributed by atoms with Crippen molar-refractivity contribution in [1.29, 1.82) is 0 Å². The van der Waals surface area contributed by atoms with Gasteiger partial charge >= 0.3 is 5.97 Å². The number of hydrogen-bond donors (Lipinski definition) is 2. The summed E-state index contributed by atoms with van der Waals surface area (Å²) >= 11 is 0. The maximum absolute atomic E-state index is 12.4. The van der Waals surface area contributed by atoms with Crippen LogP contribution in [0.1, 0.15) is 141 Å². The molecule has 0 radical (unpaired) electrons. The second-order valence-corrected chi connectivity index (χ2v) is 22.7. The number of likely N-dealkylation sites (tertiary alicyclic amines) is 1. The Morgan fingerprint density at radius 2 is 1.64 bits per heavy atom. The summed E-state index contributed by atoms with van der Waals surface area (Å²) in [5, 5.41) is 13.7. The zero-order valence-corrected chi connectivity index (χ0v) is 33.0. The Balaban J connectivity index is 1.03. The molecular weight excluding hydrogens is 641 g/mol. The molecule has 7 heteroatoms. The third-order valence-electron chi connectivity index (χ3n) is 18.2. The maximum Gasteiger partial charge on any atom is 0.335 e. The topological polar surface area (TPSA) is 86.7 Å². The fourth-order valence-corrected chi connectivity index (χ4v) is 17.7. The van der Waals surface area contributed by atoms with Crippen molar-refractivity contribution in [2.24, 2.45) is 57.2 Å². The smallest absolute Gasteiger partial charge is 0.335 e. The van der Waals surface area contributed by atoms with Crippen LogP contribution in [0.25, 0.3) is 0 Å². The first-order chi connectivity index (χ1) is 23.5. The van der Waals surface area contributed by atoms with E-state index in [0.717, 1.165) is 49.7 Å². The SMILES string of the molecule is CC(C)[C@@H]1CC[C@]2(NCCN3C[C@@H]4C[C@H]3CS4(=O)=O)CC[C@]3(C)[C@H](CC[C@@H]4[C@@]5(C)CC[C@H](c6ccc(C(=O)O)cc6)C(C)(C)[C@@H]5CC[C@]43C)[C@@H]12. The summed E-state index contributed by atoms with van der Waals surface area (Å²) < 4.78 is 24.8. The summed E-state index contributed by atoms with van der Waals surface area (Å²) in [6.07, 6.45) is 13.9. The van der Waals surface area contributed by atoms with E-state index in [-0.39, 0.29) is 22.2 Å². The van der Waals surface area contributed by atoms with Crippen molar-refractivity contribution in [3.63, 3.8) is 0 Å². The highest BCUT2D eigenvalue weighted by atomic mass is 32.2. The number of carboxylic acids is 1. The molecule has 2 heterocycles. The van der Waals surface area contributed by atoms with E-state index in [1.54, 1.807) is 0 Å². The lowest BCUT2D eigenvalue weighted by Crippen LogP contribution is -2.68. The maximum atomic E-state index is 12.4. The van der Waals surface area contributed by atoms with Gasteiger partial charge in [0.1, 0.15) is 0 Å². The second-order valence-electron chi connectivity index (χ2n) is 20.4. The first kappa shape index (κ1) is 35.6. The average Bonchev–Trinajstić information content (AvgIpc) is 3.72. The first-order valence-electron chi connectivity index (χ1n) is 20.5. The Morgan fingerprint density at radius 1 is 0.900 bits per heavy atom.